The molecule has 1 aromatic rings. The van der Waals surface area contributed by atoms with E-state index in [1.54, 1.807) is 6.92 Å². The first-order chi connectivity index (χ1) is 7.59. The standard InChI is InChI=1S/C12H16O4/c1-12(8-5-3-2-4-6-8)11(15)10(14)9(7-13)16-12/h2-6,9-11,13-15H,7H2,1H3/t9-,10+,11?,12?/m1/s1. The van der Waals surface area contributed by atoms with Crippen molar-refractivity contribution in [3.8, 4) is 0 Å². The second-order valence-electron chi connectivity index (χ2n) is 4.25. The van der Waals surface area contributed by atoms with Crippen molar-refractivity contribution in [2.75, 3.05) is 6.61 Å². The van der Waals surface area contributed by atoms with Gasteiger partial charge in [-0.25, -0.2) is 0 Å². The fourth-order valence-corrected chi connectivity index (χ4v) is 2.14. The Bertz CT molecular complexity index is 353. The molecule has 88 valence electrons. The molecular formula is C12H16O4. The van der Waals surface area contributed by atoms with E-state index in [9.17, 15) is 10.2 Å². The molecule has 4 heteroatoms. The number of hydrogen-bond donors (Lipinski definition) is 3. The maximum absolute atomic E-state index is 9.99. The zero-order valence-electron chi connectivity index (χ0n) is 9.08. The monoisotopic (exact) mass is 224 g/mol. The Labute approximate surface area is 94.1 Å². The van der Waals surface area contributed by atoms with E-state index in [0.29, 0.717) is 0 Å². The van der Waals surface area contributed by atoms with Gasteiger partial charge in [0, 0.05) is 0 Å². The van der Waals surface area contributed by atoms with E-state index >= 15 is 0 Å². The third-order valence-corrected chi connectivity index (χ3v) is 3.19. The number of aliphatic hydroxyl groups excluding tert-OH is 3. The Hall–Kier alpha value is -0.940. The molecule has 2 unspecified atom stereocenters. The lowest BCUT2D eigenvalue weighted by Crippen LogP contribution is -2.38. The molecule has 0 aliphatic carbocycles. The van der Waals surface area contributed by atoms with Crippen LogP contribution in [0.4, 0.5) is 0 Å². The van der Waals surface area contributed by atoms with Gasteiger partial charge in [-0.05, 0) is 12.5 Å². The molecule has 1 heterocycles. The molecule has 0 radical (unpaired) electrons. The predicted molar refractivity (Wildman–Crippen MR) is 57.8 cm³/mol. The molecular weight excluding hydrogens is 208 g/mol. The number of hydrogen-bond acceptors (Lipinski definition) is 4. The van der Waals surface area contributed by atoms with Gasteiger partial charge < -0.3 is 20.1 Å². The minimum Gasteiger partial charge on any atom is -0.394 e. The fourth-order valence-electron chi connectivity index (χ4n) is 2.14. The molecule has 0 saturated carbocycles. The maximum Gasteiger partial charge on any atom is 0.119 e. The topological polar surface area (TPSA) is 69.9 Å². The maximum atomic E-state index is 9.99. The highest BCUT2D eigenvalue weighted by atomic mass is 16.6. The molecule has 0 bridgehead atoms. The number of rotatable bonds is 2. The summed E-state index contributed by atoms with van der Waals surface area (Å²) in [6, 6.07) is 9.21. The van der Waals surface area contributed by atoms with E-state index in [4.69, 9.17) is 9.84 Å². The summed E-state index contributed by atoms with van der Waals surface area (Å²) in [5.41, 5.74) is -0.175. The SMILES string of the molecule is CC1(c2ccccc2)O[C@H](CO)[C@H](O)C1O. The lowest BCUT2D eigenvalue weighted by atomic mass is 9.89. The van der Waals surface area contributed by atoms with Crippen molar-refractivity contribution in [2.24, 2.45) is 0 Å². The summed E-state index contributed by atoms with van der Waals surface area (Å²) in [6.45, 7) is 1.41. The van der Waals surface area contributed by atoms with E-state index in [1.807, 2.05) is 30.3 Å². The molecule has 3 N–H and O–H groups in total. The van der Waals surface area contributed by atoms with E-state index < -0.39 is 23.9 Å². The first kappa shape index (κ1) is 11.5. The number of benzene rings is 1. The van der Waals surface area contributed by atoms with Gasteiger partial charge in [0.1, 0.15) is 23.9 Å². The van der Waals surface area contributed by atoms with Crippen molar-refractivity contribution in [3.63, 3.8) is 0 Å². The molecule has 1 saturated heterocycles. The van der Waals surface area contributed by atoms with Crippen LogP contribution in [0, 0.1) is 0 Å². The van der Waals surface area contributed by atoms with Crippen LogP contribution in [0.2, 0.25) is 0 Å². The van der Waals surface area contributed by atoms with Gasteiger partial charge in [0.2, 0.25) is 0 Å². The molecule has 0 spiro atoms. The van der Waals surface area contributed by atoms with Crippen LogP contribution >= 0.6 is 0 Å². The zero-order chi connectivity index (χ0) is 11.8. The smallest absolute Gasteiger partial charge is 0.119 e. The molecule has 4 atom stereocenters. The minimum atomic E-state index is -1.06. The van der Waals surface area contributed by atoms with Crippen molar-refractivity contribution in [3.05, 3.63) is 35.9 Å². The summed E-state index contributed by atoms with van der Waals surface area (Å²) in [5.74, 6) is 0. The largest absolute Gasteiger partial charge is 0.394 e. The van der Waals surface area contributed by atoms with Crippen molar-refractivity contribution in [2.45, 2.75) is 30.8 Å². The molecule has 1 aliphatic rings. The lowest BCUT2D eigenvalue weighted by molar-refractivity contribution is -0.0857. The van der Waals surface area contributed by atoms with Crippen LogP contribution in [0.1, 0.15) is 12.5 Å². The lowest BCUT2D eigenvalue weighted by Gasteiger charge is -2.28. The average Bonchev–Trinajstić information content (AvgIpc) is 2.56. The quantitative estimate of drug-likeness (QED) is 0.662. The van der Waals surface area contributed by atoms with Crippen LogP contribution in [-0.2, 0) is 10.3 Å². The molecule has 0 amide bonds. The minimum absolute atomic E-state index is 0.305. The molecule has 2 rings (SSSR count). The van der Waals surface area contributed by atoms with E-state index in [1.165, 1.54) is 0 Å². The van der Waals surface area contributed by atoms with Crippen LogP contribution in [0.25, 0.3) is 0 Å². The third kappa shape index (κ3) is 1.64. The van der Waals surface area contributed by atoms with Crippen LogP contribution in [-0.4, -0.2) is 40.2 Å². The van der Waals surface area contributed by atoms with Gasteiger partial charge in [-0.1, -0.05) is 30.3 Å². The Kier molecular flexibility index (Phi) is 2.99. The van der Waals surface area contributed by atoms with Crippen molar-refractivity contribution in [1.29, 1.82) is 0 Å². The van der Waals surface area contributed by atoms with Gasteiger partial charge in [0.15, 0.2) is 0 Å². The first-order valence-electron chi connectivity index (χ1n) is 5.30. The van der Waals surface area contributed by atoms with Crippen LogP contribution in [0.15, 0.2) is 30.3 Å². The highest BCUT2D eigenvalue weighted by Gasteiger charge is 2.51. The second-order valence-corrected chi connectivity index (χ2v) is 4.25. The Morgan fingerprint density at radius 1 is 1.25 bits per heavy atom. The van der Waals surface area contributed by atoms with Crippen LogP contribution < -0.4 is 0 Å². The molecule has 1 fully saturated rings. The van der Waals surface area contributed by atoms with Gasteiger partial charge in [0.25, 0.3) is 0 Å². The molecule has 1 aliphatic heterocycles. The molecule has 16 heavy (non-hydrogen) atoms. The summed E-state index contributed by atoms with van der Waals surface area (Å²) >= 11 is 0. The van der Waals surface area contributed by atoms with Gasteiger partial charge >= 0.3 is 0 Å². The second kappa shape index (κ2) is 4.14. The van der Waals surface area contributed by atoms with Crippen molar-refractivity contribution >= 4 is 0 Å². The summed E-state index contributed by atoms with van der Waals surface area (Å²) < 4.78 is 5.56. The predicted octanol–water partition coefficient (Wildman–Crippen LogP) is 0.0147. The van der Waals surface area contributed by atoms with Crippen molar-refractivity contribution in [1.82, 2.24) is 0 Å². The van der Waals surface area contributed by atoms with Gasteiger partial charge in [-0.15, -0.1) is 0 Å². The van der Waals surface area contributed by atoms with Crippen molar-refractivity contribution < 1.29 is 20.1 Å². The molecule has 1 aromatic carbocycles. The summed E-state index contributed by atoms with van der Waals surface area (Å²) in [7, 11) is 0. The highest BCUT2D eigenvalue weighted by molar-refractivity contribution is 5.25. The van der Waals surface area contributed by atoms with Crippen LogP contribution in [0.5, 0.6) is 0 Å². The van der Waals surface area contributed by atoms with Gasteiger partial charge in [-0.3, -0.25) is 0 Å². The van der Waals surface area contributed by atoms with E-state index in [-0.39, 0.29) is 6.61 Å². The zero-order valence-corrected chi connectivity index (χ0v) is 9.08. The molecule has 0 aromatic heterocycles. The highest BCUT2D eigenvalue weighted by Crippen LogP contribution is 2.39. The number of aliphatic hydroxyl groups is 3. The van der Waals surface area contributed by atoms with Crippen LogP contribution in [0.3, 0.4) is 0 Å². The normalized spacial score (nSPS) is 38.9. The Morgan fingerprint density at radius 2 is 1.88 bits per heavy atom. The fraction of sp³-hybridized carbons (Fsp3) is 0.500. The molecule has 4 nitrogen and oxygen atoms in total. The van der Waals surface area contributed by atoms with E-state index in [2.05, 4.69) is 0 Å². The average molecular weight is 224 g/mol. The Morgan fingerprint density at radius 3 is 2.38 bits per heavy atom. The summed E-state index contributed by atoms with van der Waals surface area (Å²) in [6.07, 6.45) is -2.83. The summed E-state index contributed by atoms with van der Waals surface area (Å²) in [5, 5.41) is 28.7. The third-order valence-electron chi connectivity index (χ3n) is 3.19. The number of ether oxygens (including phenoxy) is 1. The van der Waals surface area contributed by atoms with Gasteiger partial charge in [-0.2, -0.15) is 0 Å². The van der Waals surface area contributed by atoms with E-state index in [0.717, 1.165) is 5.56 Å². The first-order valence-corrected chi connectivity index (χ1v) is 5.30. The van der Waals surface area contributed by atoms with Gasteiger partial charge in [0.05, 0.1) is 6.61 Å². The Balaban J connectivity index is 2.33. The summed E-state index contributed by atoms with van der Waals surface area (Å²) in [4.78, 5) is 0.